The Morgan fingerprint density at radius 2 is 2.29 bits per heavy atom. The maximum atomic E-state index is 11.7. The molecular weight excluding hydrogens is 266 g/mol. The van der Waals surface area contributed by atoms with Gasteiger partial charge in [-0.15, -0.1) is 0 Å². The van der Waals surface area contributed by atoms with Crippen molar-refractivity contribution in [1.29, 1.82) is 0 Å². The van der Waals surface area contributed by atoms with Crippen LogP contribution in [-0.2, 0) is 9.53 Å². The summed E-state index contributed by atoms with van der Waals surface area (Å²) >= 11 is 0. The molecule has 1 amide bonds. The van der Waals surface area contributed by atoms with Crippen molar-refractivity contribution in [2.75, 3.05) is 26.4 Å². The quantitative estimate of drug-likeness (QED) is 0.840. The number of aryl methyl sites for hydroxylation is 1. The third kappa shape index (κ3) is 5.76. The Kier molecular flexibility index (Phi) is 6.54. The summed E-state index contributed by atoms with van der Waals surface area (Å²) in [6.07, 6.45) is 3.76. The summed E-state index contributed by atoms with van der Waals surface area (Å²) in [5.74, 6) is 1.51. The van der Waals surface area contributed by atoms with E-state index in [1.54, 1.807) is 0 Å². The highest BCUT2D eigenvalue weighted by atomic mass is 16.5. The third-order valence-corrected chi connectivity index (χ3v) is 3.81. The first kappa shape index (κ1) is 15.8. The first-order valence-corrected chi connectivity index (χ1v) is 7.78. The van der Waals surface area contributed by atoms with Crippen LogP contribution < -0.4 is 10.1 Å². The van der Waals surface area contributed by atoms with Gasteiger partial charge in [0.25, 0.3) is 0 Å². The molecule has 1 aliphatic heterocycles. The van der Waals surface area contributed by atoms with Gasteiger partial charge >= 0.3 is 0 Å². The van der Waals surface area contributed by atoms with Crippen LogP contribution in [-0.4, -0.2) is 32.3 Å². The number of hydrogen-bond donors (Lipinski definition) is 1. The Labute approximate surface area is 126 Å². The van der Waals surface area contributed by atoms with Crippen molar-refractivity contribution in [2.24, 2.45) is 5.92 Å². The van der Waals surface area contributed by atoms with Crippen LogP contribution in [0.3, 0.4) is 0 Å². The minimum absolute atomic E-state index is 0.0558. The molecule has 1 aromatic rings. The van der Waals surface area contributed by atoms with Crippen LogP contribution in [0.5, 0.6) is 5.75 Å². The minimum atomic E-state index is 0.0558. The Hall–Kier alpha value is -1.55. The molecule has 1 atom stereocenters. The maximum Gasteiger partial charge on any atom is 0.223 e. The van der Waals surface area contributed by atoms with Crippen LogP contribution in [0, 0.1) is 12.8 Å². The van der Waals surface area contributed by atoms with Gasteiger partial charge < -0.3 is 14.8 Å². The summed E-state index contributed by atoms with van der Waals surface area (Å²) in [5.41, 5.74) is 1.09. The zero-order valence-electron chi connectivity index (χ0n) is 12.8. The Morgan fingerprint density at radius 3 is 3.05 bits per heavy atom. The lowest BCUT2D eigenvalue weighted by Gasteiger charge is -2.21. The van der Waals surface area contributed by atoms with Crippen LogP contribution in [0.25, 0.3) is 0 Å². The van der Waals surface area contributed by atoms with E-state index in [1.807, 2.05) is 31.2 Å². The van der Waals surface area contributed by atoms with E-state index in [0.717, 1.165) is 43.9 Å². The topological polar surface area (TPSA) is 47.6 Å². The van der Waals surface area contributed by atoms with E-state index in [2.05, 4.69) is 5.32 Å². The molecule has 1 N–H and O–H groups in total. The van der Waals surface area contributed by atoms with E-state index in [4.69, 9.17) is 9.47 Å². The van der Waals surface area contributed by atoms with Gasteiger partial charge in [-0.05, 0) is 43.7 Å². The van der Waals surface area contributed by atoms with Crippen LogP contribution in [0.1, 0.15) is 31.2 Å². The Balaban J connectivity index is 1.56. The van der Waals surface area contributed by atoms with Crippen molar-refractivity contribution in [1.82, 2.24) is 5.32 Å². The number of carbonyl (C=O) groups is 1. The lowest BCUT2D eigenvalue weighted by Crippen LogP contribution is -2.29. The molecule has 4 nitrogen and oxygen atoms in total. The highest BCUT2D eigenvalue weighted by Gasteiger charge is 2.13. The smallest absolute Gasteiger partial charge is 0.223 e. The molecule has 1 aromatic carbocycles. The summed E-state index contributed by atoms with van der Waals surface area (Å²) in [7, 11) is 0. The summed E-state index contributed by atoms with van der Waals surface area (Å²) in [6, 6.07) is 7.84. The molecule has 0 bridgehead atoms. The number of carbonyl (C=O) groups excluding carboxylic acids is 1. The second-order valence-corrected chi connectivity index (χ2v) is 5.59. The number of benzene rings is 1. The molecule has 116 valence electrons. The van der Waals surface area contributed by atoms with Gasteiger partial charge in [-0.3, -0.25) is 4.79 Å². The molecule has 2 rings (SSSR count). The van der Waals surface area contributed by atoms with Crippen LogP contribution >= 0.6 is 0 Å². The molecule has 0 spiro atoms. The summed E-state index contributed by atoms with van der Waals surface area (Å²) in [5, 5.41) is 2.96. The molecule has 0 unspecified atom stereocenters. The predicted molar refractivity (Wildman–Crippen MR) is 82.5 cm³/mol. The average Bonchev–Trinajstić information content (AvgIpc) is 2.50. The minimum Gasteiger partial charge on any atom is -0.493 e. The van der Waals surface area contributed by atoms with Crippen molar-refractivity contribution < 1.29 is 14.3 Å². The number of hydrogen-bond acceptors (Lipinski definition) is 3. The van der Waals surface area contributed by atoms with Crippen molar-refractivity contribution in [2.45, 2.75) is 32.6 Å². The van der Waals surface area contributed by atoms with Crippen LogP contribution in [0.4, 0.5) is 0 Å². The molecule has 0 saturated carbocycles. The van der Waals surface area contributed by atoms with E-state index in [0.29, 0.717) is 18.9 Å². The maximum absolute atomic E-state index is 11.7. The van der Waals surface area contributed by atoms with Crippen molar-refractivity contribution in [3.63, 3.8) is 0 Å². The van der Waals surface area contributed by atoms with Gasteiger partial charge in [-0.2, -0.15) is 0 Å². The largest absolute Gasteiger partial charge is 0.493 e. The monoisotopic (exact) mass is 291 g/mol. The number of para-hydroxylation sites is 1. The van der Waals surface area contributed by atoms with E-state index >= 15 is 0 Å². The van der Waals surface area contributed by atoms with Gasteiger partial charge in [0.15, 0.2) is 0 Å². The molecule has 21 heavy (non-hydrogen) atoms. The number of rotatable bonds is 7. The number of nitrogens with one attached hydrogen (secondary N) is 1. The zero-order valence-corrected chi connectivity index (χ0v) is 12.8. The first-order valence-electron chi connectivity index (χ1n) is 7.78. The van der Waals surface area contributed by atoms with Crippen molar-refractivity contribution in [3.8, 4) is 5.75 Å². The van der Waals surface area contributed by atoms with Gasteiger partial charge in [0.1, 0.15) is 5.75 Å². The summed E-state index contributed by atoms with van der Waals surface area (Å²) in [4.78, 5) is 11.7. The average molecular weight is 291 g/mol. The first-order chi connectivity index (χ1) is 10.3. The molecule has 4 heteroatoms. The SMILES string of the molecule is Cc1ccccc1OCCC(=O)NCC[C@H]1CCCOC1. The highest BCUT2D eigenvalue weighted by molar-refractivity contribution is 5.75. The lowest BCUT2D eigenvalue weighted by atomic mass is 9.99. The van der Waals surface area contributed by atoms with Crippen LogP contribution in [0.2, 0.25) is 0 Å². The fraction of sp³-hybridized carbons (Fsp3) is 0.588. The Bertz CT molecular complexity index is 441. The molecule has 0 aliphatic carbocycles. The molecule has 1 heterocycles. The second kappa shape index (κ2) is 8.67. The van der Waals surface area contributed by atoms with E-state index < -0.39 is 0 Å². The standard InChI is InChI=1S/C17H25NO3/c1-14-5-2-3-7-16(14)21-12-9-17(19)18-10-8-15-6-4-11-20-13-15/h2-3,5,7,15H,4,6,8-13H2,1H3,(H,18,19)/t15-/m1/s1. The summed E-state index contributed by atoms with van der Waals surface area (Å²) < 4.78 is 11.1. The van der Waals surface area contributed by atoms with E-state index in [-0.39, 0.29) is 5.91 Å². The Morgan fingerprint density at radius 1 is 1.43 bits per heavy atom. The van der Waals surface area contributed by atoms with E-state index in [9.17, 15) is 4.79 Å². The molecule has 0 aromatic heterocycles. The van der Waals surface area contributed by atoms with Crippen molar-refractivity contribution in [3.05, 3.63) is 29.8 Å². The third-order valence-electron chi connectivity index (χ3n) is 3.81. The molecule has 1 fully saturated rings. The highest BCUT2D eigenvalue weighted by Crippen LogP contribution is 2.17. The number of ether oxygens (including phenoxy) is 2. The fourth-order valence-corrected chi connectivity index (χ4v) is 2.51. The van der Waals surface area contributed by atoms with Crippen molar-refractivity contribution >= 4 is 5.91 Å². The van der Waals surface area contributed by atoms with E-state index in [1.165, 1.54) is 6.42 Å². The predicted octanol–water partition coefficient (Wildman–Crippen LogP) is 2.70. The zero-order chi connectivity index (χ0) is 14.9. The number of amides is 1. The summed E-state index contributed by atoms with van der Waals surface area (Å²) in [6.45, 7) is 4.88. The molecule has 0 radical (unpaired) electrons. The normalized spacial score (nSPS) is 18.2. The van der Waals surface area contributed by atoms with Gasteiger partial charge in [0.05, 0.1) is 13.0 Å². The fourth-order valence-electron chi connectivity index (χ4n) is 2.51. The van der Waals surface area contributed by atoms with Gasteiger partial charge in [-0.1, -0.05) is 18.2 Å². The van der Waals surface area contributed by atoms with Gasteiger partial charge in [-0.25, -0.2) is 0 Å². The van der Waals surface area contributed by atoms with Crippen LogP contribution in [0.15, 0.2) is 24.3 Å². The second-order valence-electron chi connectivity index (χ2n) is 5.59. The molecule has 1 saturated heterocycles. The van der Waals surface area contributed by atoms with Gasteiger partial charge in [0.2, 0.25) is 5.91 Å². The van der Waals surface area contributed by atoms with Gasteiger partial charge in [0, 0.05) is 19.8 Å². The molecule has 1 aliphatic rings. The lowest BCUT2D eigenvalue weighted by molar-refractivity contribution is -0.121. The molecular formula is C17H25NO3.